The number of amidine groups is 1. The zero-order valence-electron chi connectivity index (χ0n) is 11.3. The highest BCUT2D eigenvalue weighted by Crippen LogP contribution is 2.21. The van der Waals surface area contributed by atoms with E-state index in [0.717, 1.165) is 11.3 Å². The maximum Gasteiger partial charge on any atom is 0.124 e. The minimum absolute atomic E-state index is 0.0385. The van der Waals surface area contributed by atoms with Gasteiger partial charge < -0.3 is 15.7 Å². The molecule has 0 bridgehead atoms. The summed E-state index contributed by atoms with van der Waals surface area (Å²) in [5.41, 5.74) is 8.35. The molecule has 0 unspecified atom stereocenters. The van der Waals surface area contributed by atoms with Gasteiger partial charge in [-0.2, -0.15) is 0 Å². The van der Waals surface area contributed by atoms with Crippen LogP contribution in [0.1, 0.15) is 11.1 Å². The van der Waals surface area contributed by atoms with Crippen LogP contribution in [0.4, 0.5) is 5.69 Å². The number of nitrogens with two attached hydrogens (primary N) is 1. The molecule has 0 fully saturated rings. The van der Waals surface area contributed by atoms with Crippen LogP contribution in [0.3, 0.4) is 0 Å². The van der Waals surface area contributed by atoms with Crippen molar-refractivity contribution < 1.29 is 5.11 Å². The molecular weight excluding hydrogens is 250 g/mol. The van der Waals surface area contributed by atoms with Gasteiger partial charge in [0.1, 0.15) is 5.84 Å². The predicted molar refractivity (Wildman–Crippen MR) is 82.0 cm³/mol. The lowest BCUT2D eigenvalue weighted by molar-refractivity contribution is 0.301. The molecular formula is C16H19N3O. The first-order valence-corrected chi connectivity index (χ1v) is 6.55. The molecule has 2 aromatic carbocycles. The Balaban J connectivity index is 2.31. The molecule has 4 N–H and O–H groups in total. The highest BCUT2D eigenvalue weighted by molar-refractivity contribution is 6.00. The lowest BCUT2D eigenvalue weighted by Gasteiger charge is -2.26. The SMILES string of the molecule is N=C(N)c1ccccc1N(CCO)Cc1ccccc1. The molecule has 2 rings (SSSR count). The van der Waals surface area contributed by atoms with Gasteiger partial charge >= 0.3 is 0 Å². The van der Waals surface area contributed by atoms with E-state index >= 15 is 0 Å². The topological polar surface area (TPSA) is 73.3 Å². The van der Waals surface area contributed by atoms with E-state index in [-0.39, 0.29) is 12.4 Å². The molecule has 0 atom stereocenters. The lowest BCUT2D eigenvalue weighted by atomic mass is 10.1. The normalized spacial score (nSPS) is 10.2. The van der Waals surface area contributed by atoms with Crippen molar-refractivity contribution in [3.05, 3.63) is 65.7 Å². The van der Waals surface area contributed by atoms with Crippen LogP contribution in [0.5, 0.6) is 0 Å². The fourth-order valence-corrected chi connectivity index (χ4v) is 2.19. The Morgan fingerprint density at radius 2 is 1.70 bits per heavy atom. The monoisotopic (exact) mass is 269 g/mol. The molecule has 0 aliphatic heterocycles. The van der Waals surface area contributed by atoms with Crippen molar-refractivity contribution >= 4 is 11.5 Å². The van der Waals surface area contributed by atoms with Gasteiger partial charge in [0.15, 0.2) is 0 Å². The van der Waals surface area contributed by atoms with Gasteiger partial charge in [0.05, 0.1) is 6.61 Å². The van der Waals surface area contributed by atoms with E-state index in [0.29, 0.717) is 18.7 Å². The zero-order chi connectivity index (χ0) is 14.4. The number of rotatable bonds is 6. The van der Waals surface area contributed by atoms with Crippen molar-refractivity contribution in [2.24, 2.45) is 5.73 Å². The molecule has 0 saturated heterocycles. The molecule has 0 heterocycles. The summed E-state index contributed by atoms with van der Waals surface area (Å²) in [6.07, 6.45) is 0. The zero-order valence-corrected chi connectivity index (χ0v) is 11.3. The van der Waals surface area contributed by atoms with Gasteiger partial charge in [0.2, 0.25) is 0 Å². The van der Waals surface area contributed by atoms with Crippen LogP contribution in [0.25, 0.3) is 0 Å². The van der Waals surface area contributed by atoms with Gasteiger partial charge in [-0.25, -0.2) is 0 Å². The third kappa shape index (κ3) is 3.36. The van der Waals surface area contributed by atoms with Crippen LogP contribution in [0, 0.1) is 5.41 Å². The quantitative estimate of drug-likeness (QED) is 0.554. The number of anilines is 1. The lowest BCUT2D eigenvalue weighted by Crippen LogP contribution is -2.28. The number of aliphatic hydroxyl groups is 1. The molecule has 4 heteroatoms. The molecule has 104 valence electrons. The van der Waals surface area contributed by atoms with E-state index < -0.39 is 0 Å². The van der Waals surface area contributed by atoms with Crippen LogP contribution in [0.15, 0.2) is 54.6 Å². The van der Waals surface area contributed by atoms with Crippen molar-refractivity contribution in [1.82, 2.24) is 0 Å². The summed E-state index contributed by atoms with van der Waals surface area (Å²) in [6.45, 7) is 1.23. The molecule has 4 nitrogen and oxygen atoms in total. The van der Waals surface area contributed by atoms with Crippen molar-refractivity contribution in [1.29, 1.82) is 5.41 Å². The summed E-state index contributed by atoms with van der Waals surface area (Å²) in [4.78, 5) is 2.03. The van der Waals surface area contributed by atoms with Crippen molar-refractivity contribution in [2.75, 3.05) is 18.1 Å². The average Bonchev–Trinajstić information content (AvgIpc) is 2.48. The Hall–Kier alpha value is -2.33. The standard InChI is InChI=1S/C16H19N3O/c17-16(18)14-8-4-5-9-15(14)19(10-11-20)12-13-6-2-1-3-7-13/h1-9,20H,10-12H2,(H3,17,18). The summed E-state index contributed by atoms with van der Waals surface area (Å²) in [5.74, 6) is 0.0385. The Labute approximate surface area is 119 Å². The molecule has 0 spiro atoms. The minimum atomic E-state index is 0.0385. The number of para-hydroxylation sites is 1. The van der Waals surface area contributed by atoms with E-state index in [1.165, 1.54) is 0 Å². The van der Waals surface area contributed by atoms with E-state index in [9.17, 15) is 5.11 Å². The third-order valence-corrected chi connectivity index (χ3v) is 3.12. The second-order valence-electron chi connectivity index (χ2n) is 4.56. The first-order valence-electron chi connectivity index (χ1n) is 6.55. The molecule has 0 radical (unpaired) electrons. The number of hydrogen-bond acceptors (Lipinski definition) is 3. The van der Waals surface area contributed by atoms with E-state index in [2.05, 4.69) is 0 Å². The number of aliphatic hydroxyl groups excluding tert-OH is 1. The minimum Gasteiger partial charge on any atom is -0.395 e. The van der Waals surface area contributed by atoms with Crippen LogP contribution >= 0.6 is 0 Å². The van der Waals surface area contributed by atoms with Gasteiger partial charge in [-0.3, -0.25) is 5.41 Å². The second kappa shape index (κ2) is 6.73. The predicted octanol–water partition coefficient (Wildman–Crippen LogP) is 1.97. The number of hydrogen-bond donors (Lipinski definition) is 3. The number of benzene rings is 2. The van der Waals surface area contributed by atoms with Crippen molar-refractivity contribution in [2.45, 2.75) is 6.54 Å². The first kappa shape index (κ1) is 14.1. The van der Waals surface area contributed by atoms with Crippen molar-refractivity contribution in [3.8, 4) is 0 Å². The summed E-state index contributed by atoms with van der Waals surface area (Å²) in [7, 11) is 0. The summed E-state index contributed by atoms with van der Waals surface area (Å²) in [6, 6.07) is 17.6. The Morgan fingerprint density at radius 1 is 1.05 bits per heavy atom. The molecule has 0 aliphatic carbocycles. The third-order valence-electron chi connectivity index (χ3n) is 3.12. The maximum atomic E-state index is 9.28. The molecule has 20 heavy (non-hydrogen) atoms. The van der Waals surface area contributed by atoms with E-state index in [1.807, 2.05) is 59.5 Å². The Kier molecular flexibility index (Phi) is 4.74. The fourth-order valence-electron chi connectivity index (χ4n) is 2.19. The van der Waals surface area contributed by atoms with E-state index in [1.54, 1.807) is 0 Å². The van der Waals surface area contributed by atoms with Gasteiger partial charge in [-0.15, -0.1) is 0 Å². The number of nitrogens with one attached hydrogen (secondary N) is 1. The second-order valence-corrected chi connectivity index (χ2v) is 4.56. The molecule has 0 aliphatic rings. The van der Waals surface area contributed by atoms with Gasteiger partial charge in [0.25, 0.3) is 0 Å². The van der Waals surface area contributed by atoms with E-state index in [4.69, 9.17) is 11.1 Å². The average molecular weight is 269 g/mol. The Morgan fingerprint density at radius 3 is 2.35 bits per heavy atom. The molecule has 0 saturated carbocycles. The van der Waals surface area contributed by atoms with Crippen LogP contribution in [-0.4, -0.2) is 24.1 Å². The van der Waals surface area contributed by atoms with Crippen LogP contribution in [-0.2, 0) is 6.54 Å². The number of nitrogen functional groups attached to an aromatic ring is 1. The van der Waals surface area contributed by atoms with Crippen LogP contribution < -0.4 is 10.6 Å². The smallest absolute Gasteiger partial charge is 0.124 e. The largest absolute Gasteiger partial charge is 0.395 e. The first-order chi connectivity index (χ1) is 9.72. The summed E-state index contributed by atoms with van der Waals surface area (Å²) >= 11 is 0. The highest BCUT2D eigenvalue weighted by atomic mass is 16.3. The highest BCUT2D eigenvalue weighted by Gasteiger charge is 2.12. The fraction of sp³-hybridized carbons (Fsp3) is 0.188. The summed E-state index contributed by atoms with van der Waals surface area (Å²) < 4.78 is 0. The van der Waals surface area contributed by atoms with Crippen LogP contribution in [0.2, 0.25) is 0 Å². The molecule has 0 aromatic heterocycles. The molecule has 0 amide bonds. The Bertz CT molecular complexity index is 569. The van der Waals surface area contributed by atoms with Gasteiger partial charge in [-0.1, -0.05) is 42.5 Å². The summed E-state index contributed by atoms with van der Waals surface area (Å²) in [5, 5.41) is 16.9. The maximum absolute atomic E-state index is 9.28. The number of nitrogens with zero attached hydrogens (tertiary/aromatic N) is 1. The van der Waals surface area contributed by atoms with Crippen molar-refractivity contribution in [3.63, 3.8) is 0 Å². The molecule has 2 aromatic rings. The van der Waals surface area contributed by atoms with Gasteiger partial charge in [-0.05, 0) is 17.7 Å². The van der Waals surface area contributed by atoms with Gasteiger partial charge in [0, 0.05) is 24.3 Å².